The SMILES string of the molecule is CSc1ccc([C@H](C)NC(=O)COc2ccc(S(=O)(=O)Nc3ccc(C)cc3)cc2)cc1. The van der Waals surface area contributed by atoms with Crippen LogP contribution in [0.4, 0.5) is 5.69 Å². The van der Waals surface area contributed by atoms with E-state index in [-0.39, 0.29) is 23.5 Å². The van der Waals surface area contributed by atoms with Gasteiger partial charge in [-0.15, -0.1) is 11.8 Å². The van der Waals surface area contributed by atoms with E-state index in [1.807, 2.05) is 56.5 Å². The summed E-state index contributed by atoms with van der Waals surface area (Å²) in [5.41, 5.74) is 2.54. The molecule has 2 N–H and O–H groups in total. The first-order valence-electron chi connectivity index (χ1n) is 10.0. The topological polar surface area (TPSA) is 84.5 Å². The molecule has 0 saturated heterocycles. The smallest absolute Gasteiger partial charge is 0.261 e. The highest BCUT2D eigenvalue weighted by atomic mass is 32.2. The zero-order valence-corrected chi connectivity index (χ0v) is 19.8. The number of ether oxygens (including phenoxy) is 1. The lowest BCUT2D eigenvalue weighted by Gasteiger charge is -2.15. The van der Waals surface area contributed by atoms with Gasteiger partial charge in [0, 0.05) is 10.6 Å². The predicted octanol–water partition coefficient (Wildman–Crippen LogP) is 4.77. The van der Waals surface area contributed by atoms with Gasteiger partial charge in [-0.3, -0.25) is 9.52 Å². The first-order valence-corrected chi connectivity index (χ1v) is 12.7. The molecule has 0 unspecified atom stereocenters. The Morgan fingerprint density at radius 2 is 1.59 bits per heavy atom. The van der Waals surface area contributed by atoms with Crippen molar-refractivity contribution in [2.75, 3.05) is 17.6 Å². The van der Waals surface area contributed by atoms with E-state index in [0.717, 1.165) is 16.0 Å². The number of sulfonamides is 1. The molecule has 32 heavy (non-hydrogen) atoms. The maximum Gasteiger partial charge on any atom is 0.261 e. The average Bonchev–Trinajstić information content (AvgIpc) is 2.79. The first kappa shape index (κ1) is 23.7. The van der Waals surface area contributed by atoms with Crippen LogP contribution in [0, 0.1) is 6.92 Å². The number of amides is 1. The van der Waals surface area contributed by atoms with Gasteiger partial charge in [-0.25, -0.2) is 8.42 Å². The molecule has 0 fully saturated rings. The van der Waals surface area contributed by atoms with Crippen molar-refractivity contribution in [3.05, 3.63) is 83.9 Å². The molecule has 3 aromatic carbocycles. The van der Waals surface area contributed by atoms with Gasteiger partial charge in [-0.1, -0.05) is 29.8 Å². The zero-order valence-electron chi connectivity index (χ0n) is 18.2. The first-order chi connectivity index (χ1) is 15.3. The Bertz CT molecular complexity index is 1140. The van der Waals surface area contributed by atoms with E-state index in [1.165, 1.54) is 24.3 Å². The van der Waals surface area contributed by atoms with Crippen LogP contribution in [0.5, 0.6) is 5.75 Å². The lowest BCUT2D eigenvalue weighted by atomic mass is 10.1. The maximum atomic E-state index is 12.5. The fraction of sp³-hybridized carbons (Fsp3) is 0.208. The van der Waals surface area contributed by atoms with Crippen molar-refractivity contribution >= 4 is 33.4 Å². The minimum atomic E-state index is -3.71. The number of carbonyl (C=O) groups excluding carboxylic acids is 1. The molecule has 3 aromatic rings. The van der Waals surface area contributed by atoms with E-state index >= 15 is 0 Å². The van der Waals surface area contributed by atoms with Crippen LogP contribution in [-0.2, 0) is 14.8 Å². The number of hydrogen-bond acceptors (Lipinski definition) is 5. The summed E-state index contributed by atoms with van der Waals surface area (Å²) in [5.74, 6) is 0.149. The van der Waals surface area contributed by atoms with Gasteiger partial charge in [0.25, 0.3) is 15.9 Å². The van der Waals surface area contributed by atoms with E-state index in [9.17, 15) is 13.2 Å². The Balaban J connectivity index is 1.53. The summed E-state index contributed by atoms with van der Waals surface area (Å²) >= 11 is 1.66. The molecule has 0 aliphatic rings. The fourth-order valence-corrected chi connectivity index (χ4v) is 4.43. The molecule has 0 spiro atoms. The summed E-state index contributed by atoms with van der Waals surface area (Å²) in [7, 11) is -3.71. The quantitative estimate of drug-likeness (QED) is 0.440. The molecular formula is C24H26N2O4S2. The second-order valence-electron chi connectivity index (χ2n) is 7.29. The van der Waals surface area contributed by atoms with Gasteiger partial charge in [0.1, 0.15) is 5.75 Å². The van der Waals surface area contributed by atoms with Crippen molar-refractivity contribution in [2.24, 2.45) is 0 Å². The standard InChI is InChI=1S/C24H26N2O4S2/c1-17-4-8-20(9-5-17)26-32(28,29)23-14-10-21(11-15-23)30-16-24(27)25-18(2)19-6-12-22(31-3)13-7-19/h4-15,18,26H,16H2,1-3H3,(H,25,27)/t18-/m0/s1. The average molecular weight is 471 g/mol. The molecular weight excluding hydrogens is 444 g/mol. The molecule has 0 heterocycles. The Hall–Kier alpha value is -2.97. The number of benzene rings is 3. The maximum absolute atomic E-state index is 12.5. The third-order valence-corrected chi connectivity index (χ3v) is 6.94. The summed E-state index contributed by atoms with van der Waals surface area (Å²) < 4.78 is 33.1. The molecule has 168 valence electrons. The van der Waals surface area contributed by atoms with Gasteiger partial charge in [-0.2, -0.15) is 0 Å². The van der Waals surface area contributed by atoms with Crippen LogP contribution >= 0.6 is 11.8 Å². The molecule has 3 rings (SSSR count). The number of hydrogen-bond donors (Lipinski definition) is 2. The van der Waals surface area contributed by atoms with Gasteiger partial charge < -0.3 is 10.1 Å². The van der Waals surface area contributed by atoms with Crippen LogP contribution < -0.4 is 14.8 Å². The third-order valence-electron chi connectivity index (χ3n) is 4.80. The number of carbonyl (C=O) groups is 1. The van der Waals surface area contributed by atoms with Crippen molar-refractivity contribution < 1.29 is 17.9 Å². The molecule has 0 aliphatic heterocycles. The van der Waals surface area contributed by atoms with Crippen molar-refractivity contribution in [1.82, 2.24) is 5.32 Å². The van der Waals surface area contributed by atoms with Crippen molar-refractivity contribution in [2.45, 2.75) is 29.7 Å². The number of nitrogens with one attached hydrogen (secondary N) is 2. The normalized spacial score (nSPS) is 12.1. The zero-order chi connectivity index (χ0) is 23.1. The van der Waals surface area contributed by atoms with Crippen molar-refractivity contribution in [3.8, 4) is 5.75 Å². The summed E-state index contributed by atoms with van der Waals surface area (Å²) in [5, 5.41) is 2.89. The lowest BCUT2D eigenvalue weighted by molar-refractivity contribution is -0.123. The highest BCUT2D eigenvalue weighted by Gasteiger charge is 2.15. The lowest BCUT2D eigenvalue weighted by Crippen LogP contribution is -2.31. The fourth-order valence-electron chi connectivity index (χ4n) is 2.96. The highest BCUT2D eigenvalue weighted by Crippen LogP contribution is 2.21. The third kappa shape index (κ3) is 6.51. The van der Waals surface area contributed by atoms with E-state index in [0.29, 0.717) is 11.4 Å². The minimum Gasteiger partial charge on any atom is -0.484 e. The van der Waals surface area contributed by atoms with Crippen LogP contribution in [0.25, 0.3) is 0 Å². The van der Waals surface area contributed by atoms with Crippen LogP contribution in [-0.4, -0.2) is 27.2 Å². The van der Waals surface area contributed by atoms with E-state index < -0.39 is 10.0 Å². The molecule has 0 bridgehead atoms. The minimum absolute atomic E-state index is 0.109. The second-order valence-corrected chi connectivity index (χ2v) is 9.86. The molecule has 1 atom stereocenters. The molecule has 6 nitrogen and oxygen atoms in total. The molecule has 0 aliphatic carbocycles. The van der Waals surface area contributed by atoms with Gasteiger partial charge in [0.05, 0.1) is 10.9 Å². The summed E-state index contributed by atoms with van der Waals surface area (Å²) in [6.45, 7) is 3.68. The predicted molar refractivity (Wildman–Crippen MR) is 129 cm³/mol. The highest BCUT2D eigenvalue weighted by molar-refractivity contribution is 7.98. The van der Waals surface area contributed by atoms with E-state index in [4.69, 9.17) is 4.74 Å². The summed E-state index contributed by atoms with van der Waals surface area (Å²) in [6.07, 6.45) is 2.01. The number of anilines is 1. The Kier molecular flexibility index (Phi) is 7.82. The van der Waals surface area contributed by atoms with Crippen LogP contribution in [0.2, 0.25) is 0 Å². The molecule has 1 amide bonds. The van der Waals surface area contributed by atoms with Gasteiger partial charge >= 0.3 is 0 Å². The van der Waals surface area contributed by atoms with E-state index in [2.05, 4.69) is 10.0 Å². The molecule has 8 heteroatoms. The van der Waals surface area contributed by atoms with Gasteiger partial charge in [0.15, 0.2) is 6.61 Å². The van der Waals surface area contributed by atoms with E-state index in [1.54, 1.807) is 23.9 Å². The number of aryl methyl sites for hydroxylation is 1. The molecule has 0 aromatic heterocycles. The van der Waals surface area contributed by atoms with Crippen LogP contribution in [0.3, 0.4) is 0 Å². The Morgan fingerprint density at radius 1 is 0.969 bits per heavy atom. The van der Waals surface area contributed by atoms with Gasteiger partial charge in [-0.05, 0) is 74.2 Å². The van der Waals surface area contributed by atoms with Gasteiger partial charge in [0.2, 0.25) is 0 Å². The second kappa shape index (κ2) is 10.6. The number of thioether (sulfide) groups is 1. The van der Waals surface area contributed by atoms with Crippen LogP contribution in [0.15, 0.2) is 82.6 Å². The Labute approximate surface area is 193 Å². The molecule has 0 saturated carbocycles. The molecule has 0 radical (unpaired) electrons. The monoisotopic (exact) mass is 470 g/mol. The summed E-state index contributed by atoms with van der Waals surface area (Å²) in [6, 6.07) is 20.9. The number of rotatable bonds is 9. The summed E-state index contributed by atoms with van der Waals surface area (Å²) in [4.78, 5) is 13.5. The Morgan fingerprint density at radius 3 is 2.19 bits per heavy atom. The van der Waals surface area contributed by atoms with Crippen molar-refractivity contribution in [1.29, 1.82) is 0 Å². The largest absolute Gasteiger partial charge is 0.484 e. The van der Waals surface area contributed by atoms with Crippen LogP contribution in [0.1, 0.15) is 24.1 Å². The van der Waals surface area contributed by atoms with Crippen molar-refractivity contribution in [3.63, 3.8) is 0 Å².